The minimum absolute atomic E-state index is 0.0294. The van der Waals surface area contributed by atoms with Gasteiger partial charge in [0.15, 0.2) is 0 Å². The van der Waals surface area contributed by atoms with Crippen LogP contribution in [0.1, 0.15) is 23.8 Å². The summed E-state index contributed by atoms with van der Waals surface area (Å²) in [5, 5.41) is 3.00. The van der Waals surface area contributed by atoms with E-state index in [1.54, 1.807) is 13.4 Å². The van der Waals surface area contributed by atoms with Gasteiger partial charge in [0.25, 0.3) is 0 Å². The number of furan rings is 1. The predicted molar refractivity (Wildman–Crippen MR) is 89.5 cm³/mol. The number of nitrogens with zero attached hydrogens (tertiary/aromatic N) is 1. The zero-order valence-electron chi connectivity index (χ0n) is 13.9. The number of aryl methyl sites for hydroxylation is 1. The molecule has 5 heteroatoms. The highest BCUT2D eigenvalue weighted by atomic mass is 16.5. The maximum absolute atomic E-state index is 12.0. The van der Waals surface area contributed by atoms with E-state index >= 15 is 0 Å². The summed E-state index contributed by atoms with van der Waals surface area (Å²) in [7, 11) is 5.66. The van der Waals surface area contributed by atoms with E-state index in [2.05, 4.69) is 10.2 Å². The SMILES string of the molecule is COc1ccc(C(CNC(=O)CCc2ccco2)N(C)C)cc1. The molecule has 1 amide bonds. The molecule has 23 heavy (non-hydrogen) atoms. The van der Waals surface area contributed by atoms with Gasteiger partial charge in [-0.15, -0.1) is 0 Å². The summed E-state index contributed by atoms with van der Waals surface area (Å²) in [6.07, 6.45) is 2.67. The summed E-state index contributed by atoms with van der Waals surface area (Å²) < 4.78 is 10.4. The molecule has 0 aliphatic carbocycles. The smallest absolute Gasteiger partial charge is 0.220 e. The lowest BCUT2D eigenvalue weighted by Crippen LogP contribution is -2.34. The van der Waals surface area contributed by atoms with Gasteiger partial charge in [-0.2, -0.15) is 0 Å². The standard InChI is InChI=1S/C18H24N2O3/c1-20(2)17(14-6-8-15(22-3)9-7-14)13-19-18(21)11-10-16-5-4-12-23-16/h4-9,12,17H,10-11,13H2,1-3H3,(H,19,21). The van der Waals surface area contributed by atoms with Gasteiger partial charge < -0.3 is 19.4 Å². The van der Waals surface area contributed by atoms with Crippen molar-refractivity contribution in [3.63, 3.8) is 0 Å². The van der Waals surface area contributed by atoms with E-state index in [4.69, 9.17) is 9.15 Å². The van der Waals surface area contributed by atoms with Crippen LogP contribution in [0.15, 0.2) is 47.1 Å². The van der Waals surface area contributed by atoms with Crippen LogP contribution in [-0.2, 0) is 11.2 Å². The second-order valence-corrected chi connectivity index (χ2v) is 5.64. The lowest BCUT2D eigenvalue weighted by atomic mass is 10.1. The number of likely N-dealkylation sites (N-methyl/N-ethyl adjacent to an activating group) is 1. The van der Waals surface area contributed by atoms with E-state index in [9.17, 15) is 4.79 Å². The number of carbonyl (C=O) groups excluding carboxylic acids is 1. The third kappa shape index (κ3) is 5.14. The van der Waals surface area contributed by atoms with Crippen molar-refractivity contribution < 1.29 is 13.9 Å². The molecule has 1 unspecified atom stereocenters. The number of nitrogens with one attached hydrogen (secondary N) is 1. The number of rotatable bonds is 8. The monoisotopic (exact) mass is 316 g/mol. The Morgan fingerprint density at radius 2 is 2.00 bits per heavy atom. The molecular formula is C18H24N2O3. The fourth-order valence-electron chi connectivity index (χ4n) is 2.42. The summed E-state index contributed by atoms with van der Waals surface area (Å²) in [6, 6.07) is 11.8. The highest BCUT2D eigenvalue weighted by molar-refractivity contribution is 5.76. The van der Waals surface area contributed by atoms with E-state index < -0.39 is 0 Å². The van der Waals surface area contributed by atoms with Crippen molar-refractivity contribution in [2.24, 2.45) is 0 Å². The van der Waals surface area contributed by atoms with Gasteiger partial charge in [0, 0.05) is 19.4 Å². The summed E-state index contributed by atoms with van der Waals surface area (Å²) in [6.45, 7) is 0.566. The Bertz CT molecular complexity index is 591. The zero-order chi connectivity index (χ0) is 16.7. The summed E-state index contributed by atoms with van der Waals surface area (Å²) in [5.41, 5.74) is 1.14. The first-order valence-corrected chi connectivity index (χ1v) is 7.69. The third-order valence-electron chi connectivity index (χ3n) is 3.80. The molecule has 0 aliphatic rings. The Labute approximate surface area is 137 Å². The van der Waals surface area contributed by atoms with Gasteiger partial charge in [0.1, 0.15) is 11.5 Å². The molecule has 0 bridgehead atoms. The number of hydrogen-bond donors (Lipinski definition) is 1. The highest BCUT2D eigenvalue weighted by Crippen LogP contribution is 2.20. The third-order valence-corrected chi connectivity index (χ3v) is 3.80. The molecular weight excluding hydrogens is 292 g/mol. The first-order valence-electron chi connectivity index (χ1n) is 7.69. The van der Waals surface area contributed by atoms with Gasteiger partial charge in [-0.3, -0.25) is 4.79 Å². The van der Waals surface area contributed by atoms with Crippen LogP contribution in [0.5, 0.6) is 5.75 Å². The molecule has 1 aromatic carbocycles. The second-order valence-electron chi connectivity index (χ2n) is 5.64. The van der Waals surface area contributed by atoms with Crippen molar-refractivity contribution in [2.45, 2.75) is 18.9 Å². The molecule has 0 saturated carbocycles. The number of ether oxygens (including phenoxy) is 1. The lowest BCUT2D eigenvalue weighted by Gasteiger charge is -2.25. The largest absolute Gasteiger partial charge is 0.497 e. The Balaban J connectivity index is 1.87. The maximum Gasteiger partial charge on any atom is 0.220 e. The molecule has 5 nitrogen and oxygen atoms in total. The summed E-state index contributed by atoms with van der Waals surface area (Å²) >= 11 is 0. The van der Waals surface area contributed by atoms with Crippen molar-refractivity contribution in [1.29, 1.82) is 0 Å². The average molecular weight is 316 g/mol. The maximum atomic E-state index is 12.0. The molecule has 1 atom stereocenters. The fraction of sp³-hybridized carbons (Fsp3) is 0.389. The van der Waals surface area contributed by atoms with E-state index in [1.807, 2.05) is 50.5 Å². The molecule has 0 radical (unpaired) electrons. The minimum atomic E-state index is 0.0294. The van der Waals surface area contributed by atoms with Crippen molar-refractivity contribution >= 4 is 5.91 Å². The number of benzene rings is 1. The molecule has 0 spiro atoms. The van der Waals surface area contributed by atoms with Gasteiger partial charge in [0.2, 0.25) is 5.91 Å². The minimum Gasteiger partial charge on any atom is -0.497 e. The summed E-state index contributed by atoms with van der Waals surface area (Å²) in [4.78, 5) is 14.1. The quantitative estimate of drug-likeness (QED) is 0.813. The first kappa shape index (κ1) is 17.1. The second kappa shape index (κ2) is 8.39. The Kier molecular flexibility index (Phi) is 6.23. The van der Waals surface area contributed by atoms with Crippen LogP contribution in [0.2, 0.25) is 0 Å². The Morgan fingerprint density at radius 1 is 1.26 bits per heavy atom. The summed E-state index contributed by atoms with van der Waals surface area (Å²) in [5.74, 6) is 1.69. The topological polar surface area (TPSA) is 54.7 Å². The number of methoxy groups -OCH3 is 1. The van der Waals surface area contributed by atoms with Crippen LogP contribution >= 0.6 is 0 Å². The van der Waals surface area contributed by atoms with Crippen LogP contribution in [0.3, 0.4) is 0 Å². The van der Waals surface area contributed by atoms with Gasteiger partial charge in [-0.25, -0.2) is 0 Å². The van der Waals surface area contributed by atoms with Crippen molar-refractivity contribution in [3.8, 4) is 5.75 Å². The van der Waals surface area contributed by atoms with E-state index in [0.29, 0.717) is 19.4 Å². The number of amides is 1. The van der Waals surface area contributed by atoms with Crippen LogP contribution in [-0.4, -0.2) is 38.6 Å². The Morgan fingerprint density at radius 3 is 2.57 bits per heavy atom. The first-order chi connectivity index (χ1) is 11.1. The van der Waals surface area contributed by atoms with Gasteiger partial charge in [-0.1, -0.05) is 12.1 Å². The molecule has 1 aromatic heterocycles. The average Bonchev–Trinajstić information content (AvgIpc) is 3.07. The van der Waals surface area contributed by atoms with Crippen LogP contribution in [0.4, 0.5) is 0 Å². The van der Waals surface area contributed by atoms with Crippen LogP contribution in [0.25, 0.3) is 0 Å². The molecule has 124 valence electrons. The molecule has 2 rings (SSSR count). The van der Waals surface area contributed by atoms with Crippen molar-refractivity contribution in [3.05, 3.63) is 54.0 Å². The molecule has 1 N–H and O–H groups in total. The Hall–Kier alpha value is -2.27. The number of carbonyl (C=O) groups is 1. The molecule has 0 saturated heterocycles. The molecule has 2 aromatic rings. The van der Waals surface area contributed by atoms with Crippen molar-refractivity contribution in [1.82, 2.24) is 10.2 Å². The van der Waals surface area contributed by atoms with Crippen LogP contribution in [0, 0.1) is 0 Å². The van der Waals surface area contributed by atoms with E-state index in [1.165, 1.54) is 0 Å². The van der Waals surface area contributed by atoms with E-state index in [0.717, 1.165) is 17.1 Å². The predicted octanol–water partition coefficient (Wildman–Crippen LogP) is 2.64. The lowest BCUT2D eigenvalue weighted by molar-refractivity contribution is -0.121. The van der Waals surface area contributed by atoms with Crippen LogP contribution < -0.4 is 10.1 Å². The van der Waals surface area contributed by atoms with Gasteiger partial charge in [0.05, 0.1) is 19.4 Å². The normalized spacial score (nSPS) is 12.2. The van der Waals surface area contributed by atoms with Gasteiger partial charge >= 0.3 is 0 Å². The highest BCUT2D eigenvalue weighted by Gasteiger charge is 2.15. The molecule has 0 fully saturated rings. The molecule has 1 heterocycles. The van der Waals surface area contributed by atoms with E-state index in [-0.39, 0.29) is 11.9 Å². The zero-order valence-corrected chi connectivity index (χ0v) is 13.9. The van der Waals surface area contributed by atoms with Gasteiger partial charge in [-0.05, 0) is 43.9 Å². The fourth-order valence-corrected chi connectivity index (χ4v) is 2.42. The molecule has 0 aliphatic heterocycles. The number of hydrogen-bond acceptors (Lipinski definition) is 4. The van der Waals surface area contributed by atoms with Crippen molar-refractivity contribution in [2.75, 3.05) is 27.7 Å².